The molecule has 0 bridgehead atoms. The number of ether oxygens (including phenoxy) is 2. The minimum Gasteiger partial charge on any atom is -0.381 e. The van der Waals surface area contributed by atoms with Crippen LogP contribution in [0.25, 0.3) is 11.0 Å². The van der Waals surface area contributed by atoms with E-state index >= 15 is 0 Å². The van der Waals surface area contributed by atoms with Crippen LogP contribution in [0.5, 0.6) is 0 Å². The van der Waals surface area contributed by atoms with Crippen LogP contribution in [0.1, 0.15) is 44.6 Å². The van der Waals surface area contributed by atoms with Crippen LogP contribution >= 0.6 is 0 Å². The Morgan fingerprint density at radius 2 is 1.71 bits per heavy atom. The number of aromatic amines is 1. The summed E-state index contributed by atoms with van der Waals surface area (Å²) in [6.07, 6.45) is 12.5. The molecular formula is C24H34N8O2. The average Bonchev–Trinajstić information content (AvgIpc) is 3.56. The molecule has 0 radical (unpaired) electrons. The first-order valence-electron chi connectivity index (χ1n) is 12.6. The highest BCUT2D eigenvalue weighted by Gasteiger charge is 2.27. The molecule has 5 heterocycles. The Balaban J connectivity index is 1.13. The summed E-state index contributed by atoms with van der Waals surface area (Å²) in [6, 6.07) is 3.49. The van der Waals surface area contributed by atoms with Gasteiger partial charge in [0.15, 0.2) is 5.82 Å². The van der Waals surface area contributed by atoms with Crippen molar-refractivity contribution in [3.05, 3.63) is 24.7 Å². The van der Waals surface area contributed by atoms with Gasteiger partial charge in [0.05, 0.1) is 36.7 Å². The van der Waals surface area contributed by atoms with E-state index in [0.29, 0.717) is 24.1 Å². The Kier molecular flexibility index (Phi) is 6.35. The van der Waals surface area contributed by atoms with Gasteiger partial charge in [-0.15, -0.1) is 0 Å². The van der Waals surface area contributed by atoms with Crippen LogP contribution < -0.4 is 10.6 Å². The molecule has 3 aliphatic rings. The van der Waals surface area contributed by atoms with Gasteiger partial charge in [0.2, 0.25) is 5.95 Å². The Morgan fingerprint density at radius 3 is 2.53 bits per heavy atom. The van der Waals surface area contributed by atoms with Gasteiger partial charge in [-0.1, -0.05) is 0 Å². The Hall–Kier alpha value is -2.69. The second kappa shape index (κ2) is 9.89. The van der Waals surface area contributed by atoms with Crippen LogP contribution in [0, 0.1) is 0 Å². The molecule has 1 saturated carbocycles. The third-order valence-electron chi connectivity index (χ3n) is 7.43. The summed E-state index contributed by atoms with van der Waals surface area (Å²) in [5, 5.41) is 11.6. The maximum atomic E-state index is 5.52. The van der Waals surface area contributed by atoms with E-state index in [2.05, 4.69) is 25.6 Å². The number of nitrogens with zero attached hydrogens (tertiary/aromatic N) is 5. The number of anilines is 3. The van der Waals surface area contributed by atoms with Gasteiger partial charge < -0.3 is 25.1 Å². The zero-order valence-electron chi connectivity index (χ0n) is 19.6. The molecule has 10 heteroatoms. The van der Waals surface area contributed by atoms with Crippen molar-refractivity contribution in [1.82, 2.24) is 29.6 Å². The summed E-state index contributed by atoms with van der Waals surface area (Å²) in [5.74, 6) is 1.45. The molecule has 3 fully saturated rings. The van der Waals surface area contributed by atoms with Crippen LogP contribution in [-0.2, 0) is 9.47 Å². The first kappa shape index (κ1) is 21.8. The summed E-state index contributed by atoms with van der Waals surface area (Å²) in [7, 11) is 0. The van der Waals surface area contributed by atoms with Crippen molar-refractivity contribution in [1.29, 1.82) is 0 Å². The second-order valence-electron chi connectivity index (χ2n) is 9.61. The molecule has 182 valence electrons. The number of aromatic nitrogens is 5. The van der Waals surface area contributed by atoms with E-state index in [1.165, 1.54) is 12.8 Å². The smallest absolute Gasteiger partial charge is 0.229 e. The predicted octanol–water partition coefficient (Wildman–Crippen LogP) is 3.30. The first-order valence-corrected chi connectivity index (χ1v) is 12.6. The van der Waals surface area contributed by atoms with E-state index in [9.17, 15) is 0 Å². The molecule has 2 aliphatic heterocycles. The molecule has 1 aliphatic carbocycles. The maximum Gasteiger partial charge on any atom is 0.229 e. The van der Waals surface area contributed by atoms with E-state index in [1.54, 1.807) is 0 Å². The van der Waals surface area contributed by atoms with Crippen LogP contribution in [-0.4, -0.2) is 81.2 Å². The summed E-state index contributed by atoms with van der Waals surface area (Å²) < 4.78 is 13.0. The van der Waals surface area contributed by atoms with E-state index in [1.807, 2.05) is 29.3 Å². The molecule has 0 amide bonds. The molecular weight excluding hydrogens is 432 g/mol. The summed E-state index contributed by atoms with van der Waals surface area (Å²) in [6.45, 7) is 5.46. The lowest BCUT2D eigenvalue weighted by Gasteiger charge is -2.39. The van der Waals surface area contributed by atoms with E-state index in [-0.39, 0.29) is 0 Å². The van der Waals surface area contributed by atoms with E-state index < -0.39 is 0 Å². The molecule has 2 saturated heterocycles. The number of morpholine rings is 1. The third-order valence-corrected chi connectivity index (χ3v) is 7.43. The molecule has 34 heavy (non-hydrogen) atoms. The van der Waals surface area contributed by atoms with Gasteiger partial charge in [0.25, 0.3) is 0 Å². The minimum atomic E-state index is 0.391. The van der Waals surface area contributed by atoms with Crippen molar-refractivity contribution < 1.29 is 9.47 Å². The standard InChI is InChI=1S/C24H34N8O2/c1-3-19(31-9-13-34-14-10-31)4-2-17(1)27-23-22-21(5-8-25-22)29-24(30-23)28-18-15-26-32(16-18)20-6-11-33-12-7-20/h5,8,15-17,19-20,25H,1-4,6-7,9-14H2,(H2,27,28,29,30)/t17-,19-. The van der Waals surface area contributed by atoms with Crippen LogP contribution in [0.4, 0.5) is 17.5 Å². The molecule has 3 aromatic rings. The fourth-order valence-electron chi connectivity index (χ4n) is 5.51. The Labute approximate surface area is 199 Å². The zero-order chi connectivity index (χ0) is 22.7. The number of H-pyrrole nitrogens is 1. The monoisotopic (exact) mass is 466 g/mol. The zero-order valence-corrected chi connectivity index (χ0v) is 19.6. The summed E-state index contributed by atoms with van der Waals surface area (Å²) >= 11 is 0. The Morgan fingerprint density at radius 1 is 0.912 bits per heavy atom. The number of hydrogen-bond donors (Lipinski definition) is 3. The van der Waals surface area contributed by atoms with E-state index in [4.69, 9.17) is 19.4 Å². The molecule has 10 nitrogen and oxygen atoms in total. The minimum absolute atomic E-state index is 0.391. The Bertz CT molecular complexity index is 1080. The molecule has 3 aromatic heterocycles. The highest BCUT2D eigenvalue weighted by atomic mass is 16.5. The second-order valence-corrected chi connectivity index (χ2v) is 9.61. The maximum absolute atomic E-state index is 5.52. The molecule has 3 N–H and O–H groups in total. The summed E-state index contributed by atoms with van der Waals surface area (Å²) in [5.41, 5.74) is 2.76. The van der Waals surface area contributed by atoms with Crippen molar-refractivity contribution in [2.24, 2.45) is 0 Å². The third kappa shape index (κ3) is 4.75. The van der Waals surface area contributed by atoms with Gasteiger partial charge in [-0.05, 0) is 44.6 Å². The van der Waals surface area contributed by atoms with Crippen molar-refractivity contribution in [3.63, 3.8) is 0 Å². The molecule has 6 rings (SSSR count). The van der Waals surface area contributed by atoms with Crippen molar-refractivity contribution in [3.8, 4) is 0 Å². The fraction of sp³-hybridized carbons (Fsp3) is 0.625. The molecule has 0 aromatic carbocycles. The van der Waals surface area contributed by atoms with Crippen molar-refractivity contribution in [2.45, 2.75) is 56.7 Å². The number of rotatable bonds is 6. The van der Waals surface area contributed by atoms with Gasteiger partial charge in [0, 0.05) is 50.8 Å². The topological polar surface area (TPSA) is 105 Å². The average molecular weight is 467 g/mol. The van der Waals surface area contributed by atoms with Crippen molar-refractivity contribution >= 4 is 28.5 Å². The lowest BCUT2D eigenvalue weighted by atomic mass is 9.90. The van der Waals surface area contributed by atoms with Gasteiger partial charge in [-0.25, -0.2) is 4.98 Å². The van der Waals surface area contributed by atoms with Crippen molar-refractivity contribution in [2.75, 3.05) is 50.2 Å². The lowest BCUT2D eigenvalue weighted by Crippen LogP contribution is -2.46. The first-order chi connectivity index (χ1) is 16.8. The lowest BCUT2D eigenvalue weighted by molar-refractivity contribution is 0.00791. The normalized spacial score (nSPS) is 24.9. The van der Waals surface area contributed by atoms with Gasteiger partial charge in [0.1, 0.15) is 5.52 Å². The highest BCUT2D eigenvalue weighted by Crippen LogP contribution is 2.29. The van der Waals surface area contributed by atoms with Gasteiger partial charge >= 0.3 is 0 Å². The van der Waals surface area contributed by atoms with E-state index in [0.717, 1.165) is 87.7 Å². The number of hydrogen-bond acceptors (Lipinski definition) is 8. The number of nitrogens with one attached hydrogen (secondary N) is 3. The molecule has 0 spiro atoms. The molecule has 0 unspecified atom stereocenters. The van der Waals surface area contributed by atoms with Crippen LogP contribution in [0.2, 0.25) is 0 Å². The highest BCUT2D eigenvalue weighted by molar-refractivity contribution is 5.87. The van der Waals surface area contributed by atoms with Gasteiger partial charge in [-0.3, -0.25) is 9.58 Å². The largest absolute Gasteiger partial charge is 0.381 e. The van der Waals surface area contributed by atoms with Crippen LogP contribution in [0.15, 0.2) is 24.7 Å². The quantitative estimate of drug-likeness (QED) is 0.508. The fourth-order valence-corrected chi connectivity index (χ4v) is 5.51. The molecule has 0 atom stereocenters. The van der Waals surface area contributed by atoms with Gasteiger partial charge in [-0.2, -0.15) is 10.1 Å². The SMILES string of the molecule is c1cc2nc(Nc3cnn(C4CCOCC4)c3)nc(N[C@H]3CC[C@H](N4CCOCC4)CC3)c2[nH]1. The summed E-state index contributed by atoms with van der Waals surface area (Å²) in [4.78, 5) is 15.5. The predicted molar refractivity (Wildman–Crippen MR) is 131 cm³/mol. The van der Waals surface area contributed by atoms with Crippen LogP contribution in [0.3, 0.4) is 0 Å². The number of fused-ring (bicyclic) bond motifs is 1.